The number of aliphatic hydroxyl groups excluding tert-OH is 1. The van der Waals surface area contributed by atoms with E-state index in [2.05, 4.69) is 17.4 Å². The molecule has 0 amide bonds. The van der Waals surface area contributed by atoms with Gasteiger partial charge in [-0.2, -0.15) is 0 Å². The van der Waals surface area contributed by atoms with Gasteiger partial charge in [-0.05, 0) is 16.7 Å². The lowest BCUT2D eigenvalue weighted by Gasteiger charge is -2.18. The van der Waals surface area contributed by atoms with Crippen molar-refractivity contribution in [2.24, 2.45) is 0 Å². The summed E-state index contributed by atoms with van der Waals surface area (Å²) in [7, 11) is 1.72. The van der Waals surface area contributed by atoms with E-state index in [1.807, 2.05) is 42.5 Å². The second-order valence-corrected chi connectivity index (χ2v) is 4.77. The fourth-order valence-corrected chi connectivity index (χ4v) is 2.13. The Kier molecular flexibility index (Phi) is 5.74. The van der Waals surface area contributed by atoms with Crippen molar-refractivity contribution >= 4 is 0 Å². The maximum absolute atomic E-state index is 9.03. The monoisotopic (exact) mass is 271 g/mol. The van der Waals surface area contributed by atoms with E-state index in [1.165, 1.54) is 11.1 Å². The van der Waals surface area contributed by atoms with Crippen LogP contribution in [0.5, 0.6) is 0 Å². The lowest BCUT2D eigenvalue weighted by Crippen LogP contribution is -2.24. The van der Waals surface area contributed by atoms with Crippen LogP contribution in [0.2, 0.25) is 0 Å². The lowest BCUT2D eigenvalue weighted by atomic mass is 10.1. The Bertz CT molecular complexity index is 496. The largest absolute Gasteiger partial charge is 0.392 e. The summed E-state index contributed by atoms with van der Waals surface area (Å²) in [6.45, 7) is 1.50. The third-order valence-electron chi connectivity index (χ3n) is 3.29. The first kappa shape index (κ1) is 14.7. The molecule has 0 spiro atoms. The molecule has 0 aliphatic rings. The minimum atomic E-state index is 0.0873. The molecule has 3 heteroatoms. The molecular formula is C17H21NO2. The standard InChI is InChI=1S/C17H21NO2/c1-20-13-17(16-5-3-2-4-6-16)18-11-14-7-9-15(12-19)10-8-14/h2-10,17-19H,11-13H2,1H3. The van der Waals surface area contributed by atoms with Gasteiger partial charge < -0.3 is 15.2 Å². The number of benzene rings is 2. The molecule has 1 unspecified atom stereocenters. The lowest BCUT2D eigenvalue weighted by molar-refractivity contribution is 0.166. The number of nitrogens with one attached hydrogen (secondary N) is 1. The summed E-state index contributed by atoms with van der Waals surface area (Å²) in [5.41, 5.74) is 3.35. The summed E-state index contributed by atoms with van der Waals surface area (Å²) >= 11 is 0. The first-order valence-electron chi connectivity index (χ1n) is 6.79. The molecule has 0 fully saturated rings. The Morgan fingerprint density at radius 3 is 2.25 bits per heavy atom. The van der Waals surface area contributed by atoms with Gasteiger partial charge in [-0.25, -0.2) is 0 Å². The highest BCUT2D eigenvalue weighted by atomic mass is 16.5. The molecule has 3 nitrogen and oxygen atoms in total. The summed E-state index contributed by atoms with van der Waals surface area (Å²) in [5, 5.41) is 12.5. The molecule has 2 aromatic carbocycles. The van der Waals surface area contributed by atoms with Crippen molar-refractivity contribution in [2.45, 2.75) is 19.2 Å². The molecule has 0 aromatic heterocycles. The zero-order valence-corrected chi connectivity index (χ0v) is 11.8. The van der Waals surface area contributed by atoms with Gasteiger partial charge in [-0.15, -0.1) is 0 Å². The maximum Gasteiger partial charge on any atom is 0.0681 e. The quantitative estimate of drug-likeness (QED) is 0.813. The average Bonchev–Trinajstić information content (AvgIpc) is 2.53. The Labute approximate surface area is 120 Å². The molecular weight excluding hydrogens is 250 g/mol. The van der Waals surface area contributed by atoms with Crippen LogP contribution in [0.15, 0.2) is 54.6 Å². The van der Waals surface area contributed by atoms with Crippen LogP contribution in [0.3, 0.4) is 0 Å². The normalized spacial score (nSPS) is 12.3. The van der Waals surface area contributed by atoms with E-state index in [0.717, 1.165) is 12.1 Å². The van der Waals surface area contributed by atoms with Crippen LogP contribution in [0.4, 0.5) is 0 Å². The van der Waals surface area contributed by atoms with Crippen molar-refractivity contribution in [3.8, 4) is 0 Å². The molecule has 0 aliphatic heterocycles. The Morgan fingerprint density at radius 1 is 1.00 bits per heavy atom. The number of rotatable bonds is 7. The van der Waals surface area contributed by atoms with Gasteiger partial charge in [-0.1, -0.05) is 54.6 Å². The van der Waals surface area contributed by atoms with Crippen molar-refractivity contribution in [1.82, 2.24) is 5.32 Å². The highest BCUT2D eigenvalue weighted by molar-refractivity contribution is 5.23. The van der Waals surface area contributed by atoms with Crippen molar-refractivity contribution in [3.63, 3.8) is 0 Å². The number of hydrogen-bond acceptors (Lipinski definition) is 3. The van der Waals surface area contributed by atoms with Gasteiger partial charge in [0.15, 0.2) is 0 Å². The van der Waals surface area contributed by atoms with Crippen molar-refractivity contribution in [2.75, 3.05) is 13.7 Å². The van der Waals surface area contributed by atoms with Gasteiger partial charge >= 0.3 is 0 Å². The zero-order valence-electron chi connectivity index (χ0n) is 11.8. The third kappa shape index (κ3) is 4.17. The second-order valence-electron chi connectivity index (χ2n) is 4.77. The molecule has 2 N–H and O–H groups in total. The molecule has 0 bridgehead atoms. The first-order chi connectivity index (χ1) is 9.83. The average molecular weight is 271 g/mol. The molecule has 2 rings (SSSR count). The third-order valence-corrected chi connectivity index (χ3v) is 3.29. The van der Waals surface area contributed by atoms with Crippen LogP contribution in [0.1, 0.15) is 22.7 Å². The second kappa shape index (κ2) is 7.80. The SMILES string of the molecule is COCC(NCc1ccc(CO)cc1)c1ccccc1. The highest BCUT2D eigenvalue weighted by Gasteiger charge is 2.10. The van der Waals surface area contributed by atoms with Crippen molar-refractivity contribution in [1.29, 1.82) is 0 Å². The van der Waals surface area contributed by atoms with E-state index in [0.29, 0.717) is 6.61 Å². The molecule has 106 valence electrons. The number of hydrogen-bond donors (Lipinski definition) is 2. The first-order valence-corrected chi connectivity index (χ1v) is 6.79. The Balaban J connectivity index is 1.98. The van der Waals surface area contributed by atoms with E-state index in [-0.39, 0.29) is 12.6 Å². The minimum absolute atomic E-state index is 0.0873. The van der Waals surface area contributed by atoms with Crippen LogP contribution in [0, 0.1) is 0 Å². The molecule has 2 aromatic rings. The van der Waals surface area contributed by atoms with Gasteiger partial charge in [-0.3, -0.25) is 0 Å². The van der Waals surface area contributed by atoms with E-state index in [4.69, 9.17) is 9.84 Å². The van der Waals surface area contributed by atoms with Gasteiger partial charge in [0, 0.05) is 13.7 Å². The minimum Gasteiger partial charge on any atom is -0.392 e. The molecule has 0 heterocycles. The molecule has 0 saturated heterocycles. The number of methoxy groups -OCH3 is 1. The van der Waals surface area contributed by atoms with Gasteiger partial charge in [0.2, 0.25) is 0 Å². The number of aliphatic hydroxyl groups is 1. The molecule has 0 radical (unpaired) electrons. The van der Waals surface area contributed by atoms with E-state index in [1.54, 1.807) is 7.11 Å². The van der Waals surface area contributed by atoms with Crippen molar-refractivity contribution < 1.29 is 9.84 Å². The van der Waals surface area contributed by atoms with Gasteiger partial charge in [0.05, 0.1) is 19.3 Å². The van der Waals surface area contributed by atoms with Gasteiger partial charge in [0.1, 0.15) is 0 Å². The predicted octanol–water partition coefficient (Wildman–Crippen LogP) is 2.66. The van der Waals surface area contributed by atoms with E-state index >= 15 is 0 Å². The fraction of sp³-hybridized carbons (Fsp3) is 0.294. The van der Waals surface area contributed by atoms with E-state index in [9.17, 15) is 0 Å². The van der Waals surface area contributed by atoms with Crippen molar-refractivity contribution in [3.05, 3.63) is 71.3 Å². The smallest absolute Gasteiger partial charge is 0.0681 e. The van der Waals surface area contributed by atoms with Crippen LogP contribution in [-0.4, -0.2) is 18.8 Å². The molecule has 1 atom stereocenters. The topological polar surface area (TPSA) is 41.5 Å². The summed E-state index contributed by atoms with van der Waals surface area (Å²) in [6, 6.07) is 18.4. The van der Waals surface area contributed by atoms with E-state index < -0.39 is 0 Å². The van der Waals surface area contributed by atoms with Crippen LogP contribution >= 0.6 is 0 Å². The highest BCUT2D eigenvalue weighted by Crippen LogP contribution is 2.14. The summed E-state index contributed by atoms with van der Waals surface area (Å²) in [5.74, 6) is 0. The Morgan fingerprint density at radius 2 is 1.65 bits per heavy atom. The van der Waals surface area contributed by atoms with Crippen LogP contribution in [-0.2, 0) is 17.9 Å². The van der Waals surface area contributed by atoms with Gasteiger partial charge in [0.25, 0.3) is 0 Å². The fourth-order valence-electron chi connectivity index (χ4n) is 2.13. The summed E-state index contributed by atoms with van der Waals surface area (Å²) in [6.07, 6.45) is 0. The molecule has 0 saturated carbocycles. The molecule has 20 heavy (non-hydrogen) atoms. The number of ether oxygens (including phenoxy) is 1. The van der Waals surface area contributed by atoms with Crippen LogP contribution in [0.25, 0.3) is 0 Å². The summed E-state index contributed by atoms with van der Waals surface area (Å²) in [4.78, 5) is 0. The summed E-state index contributed by atoms with van der Waals surface area (Å²) < 4.78 is 5.29. The Hall–Kier alpha value is -1.68. The van der Waals surface area contributed by atoms with Crippen LogP contribution < -0.4 is 5.32 Å². The molecule has 0 aliphatic carbocycles. The predicted molar refractivity (Wildman–Crippen MR) is 80.3 cm³/mol. The maximum atomic E-state index is 9.03. The zero-order chi connectivity index (χ0) is 14.2.